The number of rotatable bonds is 9. The molecule has 0 saturated heterocycles. The number of thiophene rings is 1. The van der Waals surface area contributed by atoms with Crippen LogP contribution >= 0.6 is 34.5 Å². The minimum Gasteiger partial charge on any atom is -0.468 e. The van der Waals surface area contributed by atoms with E-state index in [1.54, 1.807) is 13.2 Å². The Kier molecular flexibility index (Phi) is 7.94. The number of halogens is 2. The lowest BCUT2D eigenvalue weighted by atomic mass is 9.67. The smallest absolute Gasteiger partial charge is 0.323 e. The summed E-state index contributed by atoms with van der Waals surface area (Å²) in [4.78, 5) is 43.1. The maximum Gasteiger partial charge on any atom is 0.323 e. The van der Waals surface area contributed by atoms with E-state index in [-0.39, 0.29) is 6.42 Å². The summed E-state index contributed by atoms with van der Waals surface area (Å²) in [6.45, 7) is 0.337. The maximum atomic E-state index is 13.4. The van der Waals surface area contributed by atoms with E-state index in [0.29, 0.717) is 40.0 Å². The van der Waals surface area contributed by atoms with Gasteiger partial charge < -0.3 is 24.5 Å². The third kappa shape index (κ3) is 4.49. The zero-order valence-corrected chi connectivity index (χ0v) is 22.3. The number of carbonyl (C=O) groups is 3. The number of aromatic nitrogens is 1. The molecule has 1 amide bonds. The van der Waals surface area contributed by atoms with Crippen LogP contribution in [-0.2, 0) is 30.2 Å². The molecule has 1 aromatic carbocycles. The second kappa shape index (κ2) is 10.8. The fraction of sp³-hybridized carbons (Fsp3) is 0.400. The lowest BCUT2D eigenvalue weighted by Crippen LogP contribution is -2.52. The van der Waals surface area contributed by atoms with Gasteiger partial charge in [0.15, 0.2) is 5.41 Å². The molecule has 0 unspecified atom stereocenters. The summed E-state index contributed by atoms with van der Waals surface area (Å²) in [6, 6.07) is 8.61. The van der Waals surface area contributed by atoms with Gasteiger partial charge in [-0.3, -0.25) is 14.4 Å². The number of esters is 2. The van der Waals surface area contributed by atoms with Gasteiger partial charge in [-0.25, -0.2) is 0 Å². The molecule has 4 rings (SSSR count). The van der Waals surface area contributed by atoms with Gasteiger partial charge >= 0.3 is 11.9 Å². The molecule has 2 atom stereocenters. The number of aromatic amines is 1. The second-order valence-electron chi connectivity index (χ2n) is 8.62. The molecule has 8 nitrogen and oxygen atoms in total. The highest BCUT2D eigenvalue weighted by molar-refractivity contribution is 7.23. The van der Waals surface area contributed by atoms with Gasteiger partial charge in [0.25, 0.3) is 5.91 Å². The average Bonchev–Trinajstić information content (AvgIpc) is 3.53. The Bertz CT molecular complexity index is 1290. The summed E-state index contributed by atoms with van der Waals surface area (Å²) < 4.78 is 16.7. The molecule has 0 spiro atoms. The van der Waals surface area contributed by atoms with E-state index in [0.717, 1.165) is 15.8 Å². The third-order valence-electron chi connectivity index (χ3n) is 6.72. The van der Waals surface area contributed by atoms with Gasteiger partial charge in [-0.2, -0.15) is 0 Å². The topological polar surface area (TPSA) is 107 Å². The van der Waals surface area contributed by atoms with E-state index >= 15 is 0 Å². The number of ether oxygens (including phenoxy) is 3. The molecule has 36 heavy (non-hydrogen) atoms. The molecule has 1 aliphatic rings. The first-order chi connectivity index (χ1) is 17.3. The number of carbonyl (C=O) groups excluding carboxylic acids is 3. The first-order valence-electron chi connectivity index (χ1n) is 11.3. The summed E-state index contributed by atoms with van der Waals surface area (Å²) in [5.41, 5.74) is 0.920. The van der Waals surface area contributed by atoms with E-state index in [9.17, 15) is 14.4 Å². The van der Waals surface area contributed by atoms with E-state index in [4.69, 9.17) is 37.4 Å². The van der Waals surface area contributed by atoms with Crippen molar-refractivity contribution in [2.75, 3.05) is 27.9 Å². The van der Waals surface area contributed by atoms with Crippen LogP contribution in [0.3, 0.4) is 0 Å². The summed E-state index contributed by atoms with van der Waals surface area (Å²) in [6.07, 6.45) is 0.957. The van der Waals surface area contributed by atoms with Crippen LogP contribution in [0.1, 0.15) is 40.4 Å². The first kappa shape index (κ1) is 26.5. The van der Waals surface area contributed by atoms with Crippen molar-refractivity contribution < 1.29 is 28.6 Å². The molecule has 0 aliphatic heterocycles. The molecule has 0 bridgehead atoms. The predicted octanol–water partition coefficient (Wildman–Crippen LogP) is 4.73. The van der Waals surface area contributed by atoms with Crippen molar-refractivity contribution in [2.45, 2.75) is 31.2 Å². The highest BCUT2D eigenvalue weighted by Crippen LogP contribution is 2.50. The largest absolute Gasteiger partial charge is 0.468 e. The van der Waals surface area contributed by atoms with Gasteiger partial charge in [0, 0.05) is 25.7 Å². The van der Waals surface area contributed by atoms with Crippen LogP contribution in [0.2, 0.25) is 9.36 Å². The van der Waals surface area contributed by atoms with E-state index in [1.807, 2.05) is 24.3 Å². The molecular weight excluding hydrogens is 527 g/mol. The van der Waals surface area contributed by atoms with Crippen molar-refractivity contribution in [3.63, 3.8) is 0 Å². The van der Waals surface area contributed by atoms with E-state index in [1.165, 1.54) is 25.6 Å². The zero-order chi connectivity index (χ0) is 26.0. The Hall–Kier alpha value is -2.59. The standard InChI is InChI=1S/C25H26Cl2N2O6S/c1-33-10-6-9-25(23(31)34-2,24(32)35-3)18-14-8-5-4-7-13(14)11-15(18)29-22(30)16-12-17-20(28-16)19(26)21(27)36-17/h4-5,7-8,12,15,18,28H,6,9-11H2,1-3H3,(H,29,30)/t15-,18-/m1/s1. The number of hydrogen-bond acceptors (Lipinski definition) is 7. The predicted molar refractivity (Wildman–Crippen MR) is 138 cm³/mol. The summed E-state index contributed by atoms with van der Waals surface area (Å²) >= 11 is 13.6. The summed E-state index contributed by atoms with van der Waals surface area (Å²) in [5.74, 6) is -2.54. The third-order valence-corrected chi connectivity index (χ3v) is 8.65. The Labute approximate surface area is 222 Å². The first-order valence-corrected chi connectivity index (χ1v) is 12.9. The molecule has 2 aromatic heterocycles. The molecule has 2 N–H and O–H groups in total. The van der Waals surface area contributed by atoms with Crippen LogP contribution in [0.25, 0.3) is 10.2 Å². The van der Waals surface area contributed by atoms with Gasteiger partial charge in [0.1, 0.15) is 10.0 Å². The van der Waals surface area contributed by atoms with Crippen LogP contribution in [-0.4, -0.2) is 56.8 Å². The number of nitrogens with one attached hydrogen (secondary N) is 2. The van der Waals surface area contributed by atoms with E-state index < -0.39 is 35.2 Å². The van der Waals surface area contributed by atoms with E-state index in [2.05, 4.69) is 10.3 Å². The molecule has 2 heterocycles. The average molecular weight is 553 g/mol. The number of amides is 1. The normalized spacial score (nSPS) is 17.1. The van der Waals surface area contributed by atoms with Crippen LogP contribution < -0.4 is 5.32 Å². The van der Waals surface area contributed by atoms with Crippen molar-refractivity contribution in [3.8, 4) is 0 Å². The number of H-pyrrole nitrogens is 1. The quantitative estimate of drug-likeness (QED) is 0.225. The highest BCUT2D eigenvalue weighted by atomic mass is 35.5. The fourth-order valence-corrected chi connectivity index (χ4v) is 6.66. The number of benzene rings is 1. The van der Waals surface area contributed by atoms with Gasteiger partial charge in [0.2, 0.25) is 0 Å². The molecule has 3 aromatic rings. The monoisotopic (exact) mass is 552 g/mol. The van der Waals surface area contributed by atoms with Gasteiger partial charge in [-0.05, 0) is 36.5 Å². The highest BCUT2D eigenvalue weighted by Gasteiger charge is 2.59. The van der Waals surface area contributed by atoms with Crippen molar-refractivity contribution in [3.05, 3.63) is 56.5 Å². The second-order valence-corrected chi connectivity index (χ2v) is 10.7. The lowest BCUT2D eigenvalue weighted by molar-refractivity contribution is -0.172. The molecule has 1 aliphatic carbocycles. The van der Waals surface area contributed by atoms with Gasteiger partial charge in [0.05, 0.1) is 29.5 Å². The molecule has 11 heteroatoms. The van der Waals surface area contributed by atoms with Gasteiger partial charge in [-0.15, -0.1) is 11.3 Å². The van der Waals surface area contributed by atoms with Crippen LogP contribution in [0.4, 0.5) is 0 Å². The molecule has 0 fully saturated rings. The van der Waals surface area contributed by atoms with Crippen LogP contribution in [0, 0.1) is 5.41 Å². The van der Waals surface area contributed by atoms with Crippen molar-refractivity contribution >= 4 is 62.6 Å². The number of hydrogen-bond donors (Lipinski definition) is 2. The molecule has 0 saturated carbocycles. The Balaban J connectivity index is 1.76. The minimum atomic E-state index is -1.68. The zero-order valence-electron chi connectivity index (χ0n) is 20.0. The van der Waals surface area contributed by atoms with Crippen LogP contribution in [0.5, 0.6) is 0 Å². The van der Waals surface area contributed by atoms with Crippen molar-refractivity contribution in [2.24, 2.45) is 5.41 Å². The molecular formula is C25H26Cl2N2O6S. The maximum absolute atomic E-state index is 13.4. The Morgan fingerprint density at radius 3 is 2.47 bits per heavy atom. The minimum absolute atomic E-state index is 0.123. The Morgan fingerprint density at radius 1 is 1.14 bits per heavy atom. The number of methoxy groups -OCH3 is 3. The molecule has 192 valence electrons. The summed E-state index contributed by atoms with van der Waals surface area (Å²) in [7, 11) is 4.03. The SMILES string of the molecule is COCCCC(C(=O)OC)(C(=O)OC)[C@@H]1c2ccccc2C[C@H]1NC(=O)c1cc2sc(Cl)c(Cl)c2[nH]1. The fourth-order valence-electron chi connectivity index (χ4n) is 5.18. The summed E-state index contributed by atoms with van der Waals surface area (Å²) in [5, 5.41) is 3.40. The van der Waals surface area contributed by atoms with Crippen molar-refractivity contribution in [1.82, 2.24) is 10.3 Å². The lowest BCUT2D eigenvalue weighted by Gasteiger charge is -2.37. The van der Waals surface area contributed by atoms with Crippen molar-refractivity contribution in [1.29, 1.82) is 0 Å². The number of fused-ring (bicyclic) bond motifs is 2. The van der Waals surface area contributed by atoms with Crippen LogP contribution in [0.15, 0.2) is 30.3 Å². The Morgan fingerprint density at radius 2 is 1.83 bits per heavy atom. The van der Waals surface area contributed by atoms with Gasteiger partial charge in [-0.1, -0.05) is 47.5 Å². The molecule has 0 radical (unpaired) electrons.